The lowest BCUT2D eigenvalue weighted by molar-refractivity contribution is 0.246. The van der Waals surface area contributed by atoms with Crippen molar-refractivity contribution in [2.75, 3.05) is 22.2 Å². The zero-order valence-corrected chi connectivity index (χ0v) is 7.64. The maximum atomic E-state index is 11.0. The summed E-state index contributed by atoms with van der Waals surface area (Å²) >= 11 is 0. The number of hydrogen-bond acceptors (Lipinski definition) is 8. The maximum absolute atomic E-state index is 11.0. The number of urea groups is 1. The summed E-state index contributed by atoms with van der Waals surface area (Å²) in [4.78, 5) is 18.3. The summed E-state index contributed by atoms with van der Waals surface area (Å²) in [6.45, 7) is 0. The third-order valence-corrected chi connectivity index (χ3v) is 1.55. The lowest BCUT2D eigenvalue weighted by Crippen LogP contribution is -2.48. The topological polar surface area (TPSA) is 188 Å². The highest BCUT2D eigenvalue weighted by molar-refractivity contribution is 5.89. The number of nitrogens with two attached hydrogens (primary N) is 5. The number of nitrogens with zero attached hydrogens (tertiary/aromatic N) is 3. The summed E-state index contributed by atoms with van der Waals surface area (Å²) in [5.41, 5.74) is 18.0. The molecule has 2 amide bonds. The van der Waals surface area contributed by atoms with Crippen molar-refractivity contribution in [3.05, 3.63) is 0 Å². The number of rotatable bonds is 1. The van der Waals surface area contributed by atoms with Crippen LogP contribution >= 0.6 is 0 Å². The summed E-state index contributed by atoms with van der Waals surface area (Å²) in [6, 6.07) is -0.821. The molecule has 1 aromatic heterocycles. The predicted molar refractivity (Wildman–Crippen MR) is 54.7 cm³/mol. The normalized spacial score (nSPS) is 9.73. The molecule has 0 aromatic carbocycles. The SMILES string of the molecule is NNC(=O)N(N)c1nc(N)c(N)c(N)n1. The molecule has 0 saturated carbocycles. The van der Waals surface area contributed by atoms with Crippen LogP contribution in [0.3, 0.4) is 0 Å². The molecule has 0 aliphatic rings. The molecule has 10 heteroatoms. The van der Waals surface area contributed by atoms with E-state index in [9.17, 15) is 4.79 Å². The average molecular weight is 213 g/mol. The van der Waals surface area contributed by atoms with Crippen molar-refractivity contribution >= 4 is 29.3 Å². The van der Waals surface area contributed by atoms with Gasteiger partial charge in [0, 0.05) is 0 Å². The molecule has 0 saturated heterocycles. The van der Waals surface area contributed by atoms with E-state index in [4.69, 9.17) is 28.9 Å². The molecule has 0 bridgehead atoms. The van der Waals surface area contributed by atoms with Crippen molar-refractivity contribution in [3.8, 4) is 0 Å². The van der Waals surface area contributed by atoms with Gasteiger partial charge in [0.15, 0.2) is 11.6 Å². The molecular formula is C5H11N9O. The molecular weight excluding hydrogens is 202 g/mol. The number of hydrogen-bond donors (Lipinski definition) is 6. The van der Waals surface area contributed by atoms with Gasteiger partial charge in [-0.2, -0.15) is 15.0 Å². The van der Waals surface area contributed by atoms with Crippen LogP contribution in [0.4, 0.5) is 28.1 Å². The van der Waals surface area contributed by atoms with Gasteiger partial charge in [-0.3, -0.25) is 5.43 Å². The number of aromatic nitrogens is 2. The van der Waals surface area contributed by atoms with Crippen LogP contribution in [0.2, 0.25) is 0 Å². The Balaban J connectivity index is 3.11. The van der Waals surface area contributed by atoms with E-state index in [0.717, 1.165) is 0 Å². The monoisotopic (exact) mass is 213 g/mol. The summed E-state index contributed by atoms with van der Waals surface area (Å²) in [5.74, 6) is 9.80. The maximum Gasteiger partial charge on any atom is 0.353 e. The molecule has 1 aromatic rings. The molecule has 11 N–H and O–H groups in total. The van der Waals surface area contributed by atoms with Crippen LogP contribution in [-0.2, 0) is 0 Å². The number of anilines is 4. The van der Waals surface area contributed by atoms with Crippen LogP contribution in [0.5, 0.6) is 0 Å². The fourth-order valence-electron chi connectivity index (χ4n) is 0.760. The fourth-order valence-corrected chi connectivity index (χ4v) is 0.760. The largest absolute Gasteiger partial charge is 0.393 e. The van der Waals surface area contributed by atoms with Crippen LogP contribution in [0.25, 0.3) is 0 Å². The highest BCUT2D eigenvalue weighted by Crippen LogP contribution is 2.20. The summed E-state index contributed by atoms with van der Waals surface area (Å²) < 4.78 is 0. The van der Waals surface area contributed by atoms with Gasteiger partial charge in [0.2, 0.25) is 0 Å². The molecule has 0 aliphatic heterocycles. The highest BCUT2D eigenvalue weighted by Gasteiger charge is 2.16. The molecule has 0 radical (unpaired) electrons. The lowest BCUT2D eigenvalue weighted by Gasteiger charge is -2.14. The van der Waals surface area contributed by atoms with Crippen molar-refractivity contribution in [1.82, 2.24) is 15.4 Å². The van der Waals surface area contributed by atoms with Gasteiger partial charge in [-0.25, -0.2) is 16.5 Å². The van der Waals surface area contributed by atoms with Crippen molar-refractivity contribution < 1.29 is 4.79 Å². The van der Waals surface area contributed by atoms with Gasteiger partial charge in [-0.1, -0.05) is 0 Å². The van der Waals surface area contributed by atoms with Crippen LogP contribution in [0.15, 0.2) is 0 Å². The van der Waals surface area contributed by atoms with E-state index in [2.05, 4.69) is 9.97 Å². The van der Waals surface area contributed by atoms with E-state index in [-0.39, 0.29) is 23.3 Å². The quantitative estimate of drug-likeness (QED) is 0.167. The molecule has 0 spiro atoms. The molecule has 10 nitrogen and oxygen atoms in total. The first kappa shape index (κ1) is 10.7. The third kappa shape index (κ3) is 1.95. The number of amides is 2. The number of carbonyl (C=O) groups is 1. The molecule has 0 fully saturated rings. The molecule has 0 unspecified atom stereocenters. The zero-order valence-electron chi connectivity index (χ0n) is 7.64. The Morgan fingerprint density at radius 3 is 2.07 bits per heavy atom. The average Bonchev–Trinajstić information content (AvgIpc) is 2.23. The summed E-state index contributed by atoms with van der Waals surface area (Å²) in [5, 5.41) is 0.548. The van der Waals surface area contributed by atoms with Crippen LogP contribution in [0, 0.1) is 0 Å². The van der Waals surface area contributed by atoms with E-state index in [1.165, 1.54) is 0 Å². The van der Waals surface area contributed by atoms with Crippen molar-refractivity contribution in [2.24, 2.45) is 11.7 Å². The molecule has 15 heavy (non-hydrogen) atoms. The van der Waals surface area contributed by atoms with E-state index in [1.54, 1.807) is 5.43 Å². The number of nitrogens with one attached hydrogen (secondary N) is 1. The predicted octanol–water partition coefficient (Wildman–Crippen LogP) is -2.51. The second kappa shape index (κ2) is 3.81. The number of carbonyl (C=O) groups excluding carboxylic acids is 1. The van der Waals surface area contributed by atoms with Crippen molar-refractivity contribution in [1.29, 1.82) is 0 Å². The number of nitrogen functional groups attached to an aromatic ring is 3. The highest BCUT2D eigenvalue weighted by atomic mass is 16.2. The Morgan fingerprint density at radius 2 is 1.67 bits per heavy atom. The van der Waals surface area contributed by atoms with E-state index in [1.807, 2.05) is 0 Å². The Bertz CT molecular complexity index is 367. The van der Waals surface area contributed by atoms with E-state index >= 15 is 0 Å². The minimum atomic E-state index is -0.821. The second-order valence-corrected chi connectivity index (χ2v) is 2.53. The minimum Gasteiger partial charge on any atom is -0.393 e. The Kier molecular flexibility index (Phi) is 2.73. The van der Waals surface area contributed by atoms with Gasteiger partial charge >= 0.3 is 6.03 Å². The van der Waals surface area contributed by atoms with E-state index < -0.39 is 6.03 Å². The van der Waals surface area contributed by atoms with Crippen LogP contribution in [0.1, 0.15) is 0 Å². The molecule has 82 valence electrons. The molecule has 1 rings (SSSR count). The Morgan fingerprint density at radius 1 is 1.20 bits per heavy atom. The molecule has 0 aliphatic carbocycles. The summed E-state index contributed by atoms with van der Waals surface area (Å²) in [7, 11) is 0. The Hall–Kier alpha value is -2.33. The van der Waals surface area contributed by atoms with Gasteiger partial charge in [0.05, 0.1) is 0 Å². The van der Waals surface area contributed by atoms with Gasteiger partial charge in [0.1, 0.15) is 5.69 Å². The van der Waals surface area contributed by atoms with E-state index in [0.29, 0.717) is 5.01 Å². The fraction of sp³-hybridized carbons (Fsp3) is 0. The van der Waals surface area contributed by atoms with Crippen molar-refractivity contribution in [3.63, 3.8) is 0 Å². The zero-order chi connectivity index (χ0) is 11.6. The minimum absolute atomic E-state index is 0.0281. The van der Waals surface area contributed by atoms with Crippen LogP contribution < -0.4 is 39.3 Å². The van der Waals surface area contributed by atoms with Gasteiger partial charge in [-0.15, -0.1) is 0 Å². The first-order valence-corrected chi connectivity index (χ1v) is 3.71. The molecule has 0 atom stereocenters. The molecule has 1 heterocycles. The van der Waals surface area contributed by atoms with Gasteiger partial charge in [-0.05, 0) is 0 Å². The first-order valence-electron chi connectivity index (χ1n) is 3.71. The van der Waals surface area contributed by atoms with Gasteiger partial charge < -0.3 is 17.2 Å². The van der Waals surface area contributed by atoms with Crippen molar-refractivity contribution in [2.45, 2.75) is 0 Å². The second-order valence-electron chi connectivity index (χ2n) is 2.53. The van der Waals surface area contributed by atoms with Crippen LogP contribution in [-0.4, -0.2) is 16.0 Å². The smallest absolute Gasteiger partial charge is 0.353 e. The Labute approximate surface area is 84.3 Å². The lowest BCUT2D eigenvalue weighted by atomic mass is 10.4. The standard InChI is InChI=1S/C5H11N9O/c6-1-2(7)11-4(12-3(1)8)14(10)5(15)13-9/h6,9-10H2,(H,13,15)(H4,7,8,11,12). The third-order valence-electron chi connectivity index (χ3n) is 1.55. The first-order chi connectivity index (χ1) is 6.97. The summed E-state index contributed by atoms with van der Waals surface area (Å²) in [6.07, 6.45) is 0. The van der Waals surface area contributed by atoms with Gasteiger partial charge in [0.25, 0.3) is 5.95 Å². The number of hydrazine groups is 2.